The highest BCUT2D eigenvalue weighted by atomic mass is 32.2. The van der Waals surface area contributed by atoms with E-state index in [1.807, 2.05) is 6.92 Å². The topological polar surface area (TPSA) is 88.3 Å². The molecular weight excluding hydrogens is 264 g/mol. The van der Waals surface area contributed by atoms with Crippen molar-refractivity contribution in [2.45, 2.75) is 19.8 Å². The van der Waals surface area contributed by atoms with Gasteiger partial charge in [-0.2, -0.15) is 12.7 Å². The molecule has 0 saturated carbocycles. The zero-order chi connectivity index (χ0) is 13.9. The number of nitrogens with one attached hydrogen (secondary N) is 1. The molecule has 0 atom stereocenters. The molecule has 7 heteroatoms. The first-order valence-electron chi connectivity index (χ1n) is 6.42. The third-order valence-electron chi connectivity index (χ3n) is 3.40. The highest BCUT2D eigenvalue weighted by Gasteiger charge is 2.27. The van der Waals surface area contributed by atoms with Crippen LogP contribution in [0.2, 0.25) is 0 Å². The van der Waals surface area contributed by atoms with Crippen LogP contribution in [0.25, 0.3) is 0 Å². The fourth-order valence-electron chi connectivity index (χ4n) is 2.13. The molecule has 1 fully saturated rings. The number of aromatic nitrogens is 1. The third-order valence-corrected chi connectivity index (χ3v) is 4.94. The number of hydrogen-bond donors (Lipinski definition) is 2. The molecular formula is C12H20N4O2S. The van der Waals surface area contributed by atoms with Crippen LogP contribution in [-0.2, 0) is 10.2 Å². The highest BCUT2D eigenvalue weighted by molar-refractivity contribution is 7.90. The molecule has 6 nitrogen and oxygen atoms in total. The summed E-state index contributed by atoms with van der Waals surface area (Å²) < 4.78 is 28.4. The van der Waals surface area contributed by atoms with Crippen LogP contribution in [0, 0.1) is 12.8 Å². The van der Waals surface area contributed by atoms with Gasteiger partial charge in [-0.05, 0) is 44.4 Å². The van der Waals surface area contributed by atoms with Crippen molar-refractivity contribution in [1.29, 1.82) is 0 Å². The number of nitrogens with two attached hydrogens (primary N) is 1. The standard InChI is InChI=1S/C12H20N4O2S/c1-10-2-3-12(9-14-10)15-19(17,18)16-6-4-11(8-13)5-7-16/h2-3,9,11,15H,4-8,13H2,1H3. The SMILES string of the molecule is Cc1ccc(NS(=O)(=O)N2CCC(CN)CC2)cn1. The molecule has 3 N–H and O–H groups in total. The minimum absolute atomic E-state index is 0.437. The number of hydrogen-bond acceptors (Lipinski definition) is 4. The normalized spacial score (nSPS) is 18.4. The zero-order valence-electron chi connectivity index (χ0n) is 11.0. The first-order chi connectivity index (χ1) is 9.01. The minimum atomic E-state index is -3.48. The van der Waals surface area contributed by atoms with E-state index in [1.54, 1.807) is 12.1 Å². The van der Waals surface area contributed by atoms with Crippen molar-refractivity contribution in [1.82, 2.24) is 9.29 Å². The van der Waals surface area contributed by atoms with Gasteiger partial charge in [-0.15, -0.1) is 0 Å². The van der Waals surface area contributed by atoms with E-state index in [4.69, 9.17) is 5.73 Å². The van der Waals surface area contributed by atoms with Gasteiger partial charge in [0.2, 0.25) is 0 Å². The van der Waals surface area contributed by atoms with Gasteiger partial charge in [-0.25, -0.2) is 0 Å². The summed E-state index contributed by atoms with van der Waals surface area (Å²) in [6.07, 6.45) is 3.17. The Kier molecular flexibility index (Phi) is 4.38. The van der Waals surface area contributed by atoms with Gasteiger partial charge in [-0.3, -0.25) is 9.71 Å². The van der Waals surface area contributed by atoms with Crippen LogP contribution in [0.3, 0.4) is 0 Å². The van der Waals surface area contributed by atoms with Crippen molar-refractivity contribution in [3.63, 3.8) is 0 Å². The van der Waals surface area contributed by atoms with E-state index in [2.05, 4.69) is 9.71 Å². The molecule has 1 aromatic heterocycles. The number of pyridine rings is 1. The van der Waals surface area contributed by atoms with E-state index in [0.717, 1.165) is 18.5 Å². The monoisotopic (exact) mass is 284 g/mol. The van der Waals surface area contributed by atoms with Crippen LogP contribution < -0.4 is 10.5 Å². The minimum Gasteiger partial charge on any atom is -0.330 e. The predicted molar refractivity (Wildman–Crippen MR) is 74.9 cm³/mol. The van der Waals surface area contributed by atoms with E-state index in [1.165, 1.54) is 10.5 Å². The van der Waals surface area contributed by atoms with E-state index in [9.17, 15) is 8.42 Å². The molecule has 106 valence electrons. The first kappa shape index (κ1) is 14.2. The van der Waals surface area contributed by atoms with Gasteiger partial charge < -0.3 is 5.73 Å². The largest absolute Gasteiger partial charge is 0.330 e. The molecule has 0 spiro atoms. The smallest absolute Gasteiger partial charge is 0.301 e. The average Bonchev–Trinajstić information content (AvgIpc) is 2.41. The maximum absolute atomic E-state index is 12.2. The lowest BCUT2D eigenvalue weighted by atomic mass is 9.99. The van der Waals surface area contributed by atoms with Crippen LogP contribution in [0.5, 0.6) is 0 Å². The molecule has 2 heterocycles. The second-order valence-electron chi connectivity index (χ2n) is 4.87. The van der Waals surface area contributed by atoms with Gasteiger partial charge in [0.15, 0.2) is 0 Å². The lowest BCUT2D eigenvalue weighted by Gasteiger charge is -2.30. The second-order valence-corrected chi connectivity index (χ2v) is 6.54. The molecule has 1 aliphatic heterocycles. The summed E-state index contributed by atoms with van der Waals surface area (Å²) in [4.78, 5) is 4.07. The Morgan fingerprint density at radius 1 is 1.42 bits per heavy atom. The Bertz CT molecular complexity index is 507. The van der Waals surface area contributed by atoms with Crippen molar-refractivity contribution in [3.8, 4) is 0 Å². The highest BCUT2D eigenvalue weighted by Crippen LogP contribution is 2.19. The van der Waals surface area contributed by atoms with Crippen LogP contribution in [0.1, 0.15) is 18.5 Å². The van der Waals surface area contributed by atoms with Gasteiger partial charge in [0.25, 0.3) is 0 Å². The second kappa shape index (κ2) is 5.85. The molecule has 0 radical (unpaired) electrons. The predicted octanol–water partition coefficient (Wildman–Crippen LogP) is 0.717. The zero-order valence-corrected chi connectivity index (χ0v) is 11.9. The van der Waals surface area contributed by atoms with Gasteiger partial charge in [0.1, 0.15) is 0 Å². The van der Waals surface area contributed by atoms with E-state index < -0.39 is 10.2 Å². The van der Waals surface area contributed by atoms with Crippen molar-refractivity contribution < 1.29 is 8.42 Å². The molecule has 1 aliphatic rings. The molecule has 19 heavy (non-hydrogen) atoms. The Labute approximate surface area is 114 Å². The maximum Gasteiger partial charge on any atom is 0.301 e. The number of piperidine rings is 1. The Balaban J connectivity index is 2.01. The summed E-state index contributed by atoms with van der Waals surface area (Å²) in [5, 5.41) is 0. The van der Waals surface area contributed by atoms with Gasteiger partial charge >= 0.3 is 10.2 Å². The molecule has 0 bridgehead atoms. The van der Waals surface area contributed by atoms with Crippen LogP contribution >= 0.6 is 0 Å². The molecule has 1 saturated heterocycles. The maximum atomic E-state index is 12.2. The van der Waals surface area contributed by atoms with Gasteiger partial charge in [-0.1, -0.05) is 0 Å². The molecule has 1 aromatic rings. The van der Waals surface area contributed by atoms with Gasteiger partial charge in [0.05, 0.1) is 11.9 Å². The Morgan fingerprint density at radius 3 is 2.63 bits per heavy atom. The summed E-state index contributed by atoms with van der Waals surface area (Å²) in [6.45, 7) is 3.53. The van der Waals surface area contributed by atoms with E-state index in [-0.39, 0.29) is 0 Å². The average molecular weight is 284 g/mol. The molecule has 0 amide bonds. The quantitative estimate of drug-likeness (QED) is 0.852. The first-order valence-corrected chi connectivity index (χ1v) is 7.86. The Morgan fingerprint density at radius 2 is 2.11 bits per heavy atom. The molecule has 0 aliphatic carbocycles. The van der Waals surface area contributed by atoms with Crippen LogP contribution in [0.15, 0.2) is 18.3 Å². The Hall–Kier alpha value is -1.18. The van der Waals surface area contributed by atoms with Crippen LogP contribution in [0.4, 0.5) is 5.69 Å². The van der Waals surface area contributed by atoms with Crippen LogP contribution in [-0.4, -0.2) is 37.3 Å². The number of aryl methyl sites for hydroxylation is 1. The van der Waals surface area contributed by atoms with Gasteiger partial charge in [0, 0.05) is 18.8 Å². The number of rotatable bonds is 4. The fourth-order valence-corrected chi connectivity index (χ4v) is 3.37. The number of nitrogens with zero attached hydrogens (tertiary/aromatic N) is 2. The van der Waals surface area contributed by atoms with Crippen molar-refractivity contribution in [3.05, 3.63) is 24.0 Å². The fraction of sp³-hybridized carbons (Fsp3) is 0.583. The van der Waals surface area contributed by atoms with E-state index in [0.29, 0.717) is 31.2 Å². The molecule has 2 rings (SSSR count). The summed E-state index contributed by atoms with van der Waals surface area (Å²) in [7, 11) is -3.48. The number of anilines is 1. The molecule has 0 unspecified atom stereocenters. The summed E-state index contributed by atoms with van der Waals surface area (Å²) in [6, 6.07) is 3.49. The summed E-state index contributed by atoms with van der Waals surface area (Å²) >= 11 is 0. The lowest BCUT2D eigenvalue weighted by molar-refractivity contribution is 0.280. The third kappa shape index (κ3) is 3.65. The van der Waals surface area contributed by atoms with Crippen molar-refractivity contribution in [2.75, 3.05) is 24.4 Å². The molecule has 0 aromatic carbocycles. The van der Waals surface area contributed by atoms with E-state index >= 15 is 0 Å². The van der Waals surface area contributed by atoms with Crippen molar-refractivity contribution in [2.24, 2.45) is 11.7 Å². The lowest BCUT2D eigenvalue weighted by Crippen LogP contribution is -2.42. The van der Waals surface area contributed by atoms with Crippen molar-refractivity contribution >= 4 is 15.9 Å². The summed E-state index contributed by atoms with van der Waals surface area (Å²) in [5.74, 6) is 0.437. The summed E-state index contributed by atoms with van der Waals surface area (Å²) in [5.41, 5.74) is 6.95.